The third-order valence-corrected chi connectivity index (χ3v) is 4.19. The largest absolute Gasteiger partial charge is 0.447 e. The molecule has 1 atom stereocenters. The van der Waals surface area contributed by atoms with Gasteiger partial charge < -0.3 is 15.0 Å². The minimum Gasteiger partial charge on any atom is -0.447 e. The van der Waals surface area contributed by atoms with Crippen LogP contribution in [0.15, 0.2) is 21.6 Å². The summed E-state index contributed by atoms with van der Waals surface area (Å²) in [7, 11) is 3.79. The number of aryl methyl sites for hydroxylation is 1. The molecule has 2 heterocycles. The van der Waals surface area contributed by atoms with Crippen LogP contribution in [0.4, 0.5) is 0 Å². The first kappa shape index (κ1) is 23.2. The molecule has 0 saturated carbocycles. The first-order valence-electron chi connectivity index (χ1n) is 9.64. The van der Waals surface area contributed by atoms with Gasteiger partial charge in [-0.15, -0.1) is 4.98 Å². The van der Waals surface area contributed by atoms with E-state index in [1.807, 2.05) is 32.8 Å². The van der Waals surface area contributed by atoms with Crippen LogP contribution in [0.1, 0.15) is 36.7 Å². The molecule has 2 aromatic heterocycles. The zero-order valence-corrected chi connectivity index (χ0v) is 17.9. The Labute approximate surface area is 174 Å². The number of hydrogen-bond donors (Lipinski definition) is 1. The highest BCUT2D eigenvalue weighted by molar-refractivity contribution is 5.99. The van der Waals surface area contributed by atoms with Crippen molar-refractivity contribution in [3.8, 4) is 6.08 Å². The number of Topliss-reactive ketones (excluding diaryl/α,β-unsaturated/α-hetero) is 1. The molecular weight excluding hydrogens is 392 g/mol. The van der Waals surface area contributed by atoms with Gasteiger partial charge in [0.25, 0.3) is 5.56 Å². The van der Waals surface area contributed by atoms with E-state index in [1.165, 1.54) is 16.8 Å². The van der Waals surface area contributed by atoms with Crippen molar-refractivity contribution in [2.45, 2.75) is 39.8 Å². The van der Waals surface area contributed by atoms with Crippen molar-refractivity contribution in [2.75, 3.05) is 27.2 Å². The standard InChI is InChI=1S/C19H28N6O5/c1-12(2)10-14(21-15(26)11-25-13(3)20-7-6-16(25)27)17(28)18-22-19(30-23-18)29-9-8-24(4)5/h6-7,12,14H,8-11H2,1-5H3,(H,21,26). The fraction of sp³-hybridized carbons (Fsp3) is 0.579. The molecule has 1 amide bonds. The first-order chi connectivity index (χ1) is 14.2. The molecule has 1 N–H and O–H groups in total. The lowest BCUT2D eigenvalue weighted by atomic mass is 10.00. The SMILES string of the molecule is Cc1nccc(=O)n1CC(=O)NC(CC(C)C)C(=O)c1noc(OCCN(C)C)n1. The third kappa shape index (κ3) is 6.76. The van der Waals surface area contributed by atoms with Crippen LogP contribution < -0.4 is 15.6 Å². The first-order valence-corrected chi connectivity index (χ1v) is 9.64. The number of amides is 1. The molecule has 2 rings (SSSR count). The van der Waals surface area contributed by atoms with E-state index in [-0.39, 0.29) is 29.9 Å². The van der Waals surface area contributed by atoms with Gasteiger partial charge in [-0.1, -0.05) is 13.8 Å². The van der Waals surface area contributed by atoms with Crippen molar-refractivity contribution in [3.63, 3.8) is 0 Å². The molecule has 11 nitrogen and oxygen atoms in total. The molecule has 2 aromatic rings. The van der Waals surface area contributed by atoms with E-state index in [2.05, 4.69) is 20.4 Å². The van der Waals surface area contributed by atoms with Gasteiger partial charge in [-0.3, -0.25) is 23.5 Å². The fourth-order valence-electron chi connectivity index (χ4n) is 2.65. The minimum atomic E-state index is -0.864. The Hall–Kier alpha value is -3.08. The van der Waals surface area contributed by atoms with Crippen molar-refractivity contribution < 1.29 is 18.8 Å². The molecule has 0 aromatic carbocycles. The van der Waals surface area contributed by atoms with E-state index in [0.29, 0.717) is 25.4 Å². The van der Waals surface area contributed by atoms with Crippen LogP contribution in [0.3, 0.4) is 0 Å². The second-order valence-corrected chi connectivity index (χ2v) is 7.57. The predicted octanol–water partition coefficient (Wildman–Crippen LogP) is 0.289. The van der Waals surface area contributed by atoms with Crippen LogP contribution >= 0.6 is 0 Å². The van der Waals surface area contributed by atoms with Gasteiger partial charge >= 0.3 is 6.08 Å². The van der Waals surface area contributed by atoms with Gasteiger partial charge in [-0.05, 0) is 38.5 Å². The number of carbonyl (C=O) groups is 2. The van der Waals surface area contributed by atoms with Crippen molar-refractivity contribution in [2.24, 2.45) is 5.92 Å². The number of nitrogens with zero attached hydrogens (tertiary/aromatic N) is 5. The highest BCUT2D eigenvalue weighted by atomic mass is 16.6. The number of ketones is 1. The zero-order chi connectivity index (χ0) is 22.3. The maximum atomic E-state index is 12.9. The Morgan fingerprint density at radius 3 is 2.70 bits per heavy atom. The number of rotatable bonds is 11. The van der Waals surface area contributed by atoms with Crippen molar-refractivity contribution in [1.82, 2.24) is 29.9 Å². The van der Waals surface area contributed by atoms with Gasteiger partial charge in [-0.25, -0.2) is 4.98 Å². The van der Waals surface area contributed by atoms with Crippen LogP contribution in [-0.2, 0) is 11.3 Å². The van der Waals surface area contributed by atoms with Crippen LogP contribution in [0, 0.1) is 12.8 Å². The van der Waals surface area contributed by atoms with E-state index >= 15 is 0 Å². The smallest absolute Gasteiger partial charge is 0.417 e. The second kappa shape index (κ2) is 10.6. The van der Waals surface area contributed by atoms with Crippen LogP contribution in [0.5, 0.6) is 6.08 Å². The average Bonchev–Trinajstić information content (AvgIpc) is 3.12. The van der Waals surface area contributed by atoms with E-state index < -0.39 is 17.7 Å². The number of aromatic nitrogens is 4. The Balaban J connectivity index is 2.07. The second-order valence-electron chi connectivity index (χ2n) is 7.57. The quantitative estimate of drug-likeness (QED) is 0.509. The number of nitrogens with one attached hydrogen (secondary N) is 1. The summed E-state index contributed by atoms with van der Waals surface area (Å²) in [4.78, 5) is 47.2. The third-order valence-electron chi connectivity index (χ3n) is 4.19. The van der Waals surface area contributed by atoms with Crippen LogP contribution in [-0.4, -0.2) is 69.6 Å². The zero-order valence-electron chi connectivity index (χ0n) is 17.9. The number of hydrogen-bond acceptors (Lipinski definition) is 9. The van der Waals surface area contributed by atoms with Crippen LogP contribution in [0.2, 0.25) is 0 Å². The molecule has 1 unspecified atom stereocenters. The maximum absolute atomic E-state index is 12.9. The summed E-state index contributed by atoms with van der Waals surface area (Å²) in [5.41, 5.74) is -0.345. The van der Waals surface area contributed by atoms with E-state index in [1.54, 1.807) is 6.92 Å². The Morgan fingerprint density at radius 2 is 2.07 bits per heavy atom. The number of ether oxygens (including phenoxy) is 1. The van der Waals surface area contributed by atoms with Gasteiger partial charge in [0.15, 0.2) is 0 Å². The van der Waals surface area contributed by atoms with E-state index in [4.69, 9.17) is 9.26 Å². The predicted molar refractivity (Wildman–Crippen MR) is 107 cm³/mol. The minimum absolute atomic E-state index is 0.104. The number of likely N-dealkylation sites (N-methyl/N-ethyl adjacent to an activating group) is 1. The molecule has 11 heteroatoms. The van der Waals surface area contributed by atoms with E-state index in [9.17, 15) is 14.4 Å². The van der Waals surface area contributed by atoms with Gasteiger partial charge in [0, 0.05) is 18.8 Å². The Bertz CT molecular complexity index is 920. The van der Waals surface area contributed by atoms with Crippen molar-refractivity contribution in [3.05, 3.63) is 34.3 Å². The molecule has 0 aliphatic heterocycles. The molecule has 0 aliphatic rings. The molecule has 0 saturated heterocycles. The maximum Gasteiger partial charge on any atom is 0.417 e. The molecule has 0 fully saturated rings. The van der Waals surface area contributed by atoms with Crippen molar-refractivity contribution in [1.29, 1.82) is 0 Å². The summed E-state index contributed by atoms with van der Waals surface area (Å²) < 4.78 is 11.5. The summed E-state index contributed by atoms with van der Waals surface area (Å²) in [6.07, 6.45) is 1.65. The van der Waals surface area contributed by atoms with Crippen molar-refractivity contribution >= 4 is 11.7 Å². The lowest BCUT2D eigenvalue weighted by Gasteiger charge is -2.18. The summed E-state index contributed by atoms with van der Waals surface area (Å²) in [6, 6.07) is 0.408. The fourth-order valence-corrected chi connectivity index (χ4v) is 2.65. The van der Waals surface area contributed by atoms with Crippen LogP contribution in [0.25, 0.3) is 0 Å². The monoisotopic (exact) mass is 420 g/mol. The summed E-state index contributed by atoms with van der Waals surface area (Å²) in [5, 5.41) is 6.34. The number of carbonyl (C=O) groups excluding carboxylic acids is 2. The van der Waals surface area contributed by atoms with E-state index in [0.717, 1.165) is 0 Å². The molecule has 164 valence electrons. The van der Waals surface area contributed by atoms with Gasteiger partial charge in [-0.2, -0.15) is 0 Å². The molecule has 30 heavy (non-hydrogen) atoms. The highest BCUT2D eigenvalue weighted by Gasteiger charge is 2.28. The Kier molecular flexibility index (Phi) is 8.22. The normalized spacial score (nSPS) is 12.2. The molecule has 0 radical (unpaired) electrons. The topological polar surface area (TPSA) is 132 Å². The lowest BCUT2D eigenvalue weighted by Crippen LogP contribution is -2.44. The molecule has 0 bridgehead atoms. The molecule has 0 spiro atoms. The van der Waals surface area contributed by atoms with Gasteiger partial charge in [0.05, 0.1) is 6.04 Å². The highest BCUT2D eigenvalue weighted by Crippen LogP contribution is 2.13. The summed E-state index contributed by atoms with van der Waals surface area (Å²) in [6.45, 7) is 6.20. The molecule has 0 aliphatic carbocycles. The summed E-state index contributed by atoms with van der Waals surface area (Å²) in [5.74, 6) is -0.626. The molecular formula is C19H28N6O5. The summed E-state index contributed by atoms with van der Waals surface area (Å²) >= 11 is 0. The lowest BCUT2D eigenvalue weighted by molar-refractivity contribution is -0.122. The Morgan fingerprint density at radius 1 is 1.33 bits per heavy atom. The van der Waals surface area contributed by atoms with Gasteiger partial charge in [0.1, 0.15) is 19.0 Å². The van der Waals surface area contributed by atoms with Gasteiger partial charge in [0.2, 0.25) is 17.5 Å². The average molecular weight is 420 g/mol.